The fourth-order valence-electron chi connectivity index (χ4n) is 1.67. The van der Waals surface area contributed by atoms with E-state index in [4.69, 9.17) is 4.74 Å². The molecule has 0 amide bonds. The van der Waals surface area contributed by atoms with E-state index < -0.39 is 5.41 Å². The van der Waals surface area contributed by atoms with Crippen molar-refractivity contribution in [2.45, 2.75) is 39.2 Å². The molecule has 4 nitrogen and oxygen atoms in total. The number of aromatic nitrogens is 2. The van der Waals surface area contributed by atoms with Crippen molar-refractivity contribution >= 4 is 21.9 Å². The SMILES string of the molecule is COC(=O)C(C)(C)c1c(Br)cnn1C(C)C. The van der Waals surface area contributed by atoms with E-state index in [2.05, 4.69) is 21.0 Å². The van der Waals surface area contributed by atoms with Crippen LogP contribution in [0.15, 0.2) is 10.7 Å². The highest BCUT2D eigenvalue weighted by Crippen LogP contribution is 2.32. The molecule has 1 heterocycles. The van der Waals surface area contributed by atoms with Gasteiger partial charge in [-0.15, -0.1) is 0 Å². The summed E-state index contributed by atoms with van der Waals surface area (Å²) >= 11 is 3.43. The largest absolute Gasteiger partial charge is 0.468 e. The standard InChI is InChI=1S/C11H17BrN2O2/c1-7(2)14-9(8(12)6-13-14)11(3,4)10(15)16-5/h6-7H,1-5H3. The van der Waals surface area contributed by atoms with Crippen LogP contribution in [-0.2, 0) is 14.9 Å². The van der Waals surface area contributed by atoms with E-state index in [0.717, 1.165) is 10.2 Å². The number of methoxy groups -OCH3 is 1. The Hall–Kier alpha value is -0.840. The van der Waals surface area contributed by atoms with Gasteiger partial charge in [-0.3, -0.25) is 9.48 Å². The van der Waals surface area contributed by atoms with Gasteiger partial charge in [-0.2, -0.15) is 5.10 Å². The highest BCUT2D eigenvalue weighted by molar-refractivity contribution is 9.10. The van der Waals surface area contributed by atoms with Gasteiger partial charge in [0.1, 0.15) is 5.41 Å². The Morgan fingerprint density at radius 3 is 2.56 bits per heavy atom. The Bertz CT molecular complexity index is 397. The molecule has 5 heteroatoms. The summed E-state index contributed by atoms with van der Waals surface area (Å²) in [4.78, 5) is 11.8. The summed E-state index contributed by atoms with van der Waals surface area (Å²) in [7, 11) is 1.40. The van der Waals surface area contributed by atoms with Gasteiger partial charge in [0, 0.05) is 6.04 Å². The first kappa shape index (κ1) is 13.2. The summed E-state index contributed by atoms with van der Waals surface area (Å²) in [5.74, 6) is -0.268. The van der Waals surface area contributed by atoms with E-state index in [0.29, 0.717) is 0 Å². The third kappa shape index (κ3) is 2.14. The minimum Gasteiger partial charge on any atom is -0.468 e. The molecule has 0 spiro atoms. The maximum atomic E-state index is 11.8. The molecule has 0 aliphatic carbocycles. The molecule has 0 N–H and O–H groups in total. The van der Waals surface area contributed by atoms with Crippen LogP contribution in [0.3, 0.4) is 0 Å². The number of hydrogen-bond donors (Lipinski definition) is 0. The second-order valence-electron chi connectivity index (χ2n) is 4.50. The summed E-state index contributed by atoms with van der Waals surface area (Å²) in [5, 5.41) is 4.26. The van der Waals surface area contributed by atoms with Crippen LogP contribution in [-0.4, -0.2) is 22.9 Å². The topological polar surface area (TPSA) is 44.1 Å². The molecule has 0 atom stereocenters. The van der Waals surface area contributed by atoms with Crippen LogP contribution in [0.4, 0.5) is 0 Å². The number of halogens is 1. The highest BCUT2D eigenvalue weighted by atomic mass is 79.9. The molecule has 1 rings (SSSR count). The van der Waals surface area contributed by atoms with Crippen LogP contribution in [0.2, 0.25) is 0 Å². The van der Waals surface area contributed by atoms with Gasteiger partial charge in [0.15, 0.2) is 0 Å². The first-order valence-electron chi connectivity index (χ1n) is 5.14. The summed E-state index contributed by atoms with van der Waals surface area (Å²) in [6, 6.07) is 0.199. The van der Waals surface area contributed by atoms with Gasteiger partial charge in [-0.25, -0.2) is 0 Å². The van der Waals surface area contributed by atoms with Crippen LogP contribution < -0.4 is 0 Å². The van der Waals surface area contributed by atoms with Gasteiger partial charge < -0.3 is 4.74 Å². The number of nitrogens with zero attached hydrogens (tertiary/aromatic N) is 2. The lowest BCUT2D eigenvalue weighted by molar-refractivity contribution is -0.146. The second kappa shape index (κ2) is 4.57. The predicted molar refractivity (Wildman–Crippen MR) is 65.4 cm³/mol. The molecule has 16 heavy (non-hydrogen) atoms. The molecule has 0 bridgehead atoms. The third-order valence-corrected chi connectivity index (χ3v) is 3.11. The van der Waals surface area contributed by atoms with E-state index in [-0.39, 0.29) is 12.0 Å². The zero-order chi connectivity index (χ0) is 12.5. The summed E-state index contributed by atoms with van der Waals surface area (Å²) in [5.41, 5.74) is 0.128. The number of hydrogen-bond acceptors (Lipinski definition) is 3. The predicted octanol–water partition coefficient (Wildman–Crippen LogP) is 2.68. The Labute approximate surface area is 104 Å². The minimum absolute atomic E-state index is 0.199. The molecule has 90 valence electrons. The van der Waals surface area contributed by atoms with Crippen LogP contribution in [0.1, 0.15) is 39.4 Å². The Morgan fingerprint density at radius 2 is 2.12 bits per heavy atom. The zero-order valence-electron chi connectivity index (χ0n) is 10.2. The fraction of sp³-hybridized carbons (Fsp3) is 0.636. The minimum atomic E-state index is -0.714. The van der Waals surface area contributed by atoms with Gasteiger partial charge in [0.25, 0.3) is 0 Å². The van der Waals surface area contributed by atoms with Gasteiger partial charge in [-0.05, 0) is 43.6 Å². The van der Waals surface area contributed by atoms with Crippen molar-refractivity contribution in [2.24, 2.45) is 0 Å². The molecule has 0 aliphatic heterocycles. The van der Waals surface area contributed by atoms with Crippen molar-refractivity contribution < 1.29 is 9.53 Å². The average molecular weight is 289 g/mol. The normalized spacial score (nSPS) is 11.9. The molecule has 0 fully saturated rings. The highest BCUT2D eigenvalue weighted by Gasteiger charge is 2.36. The summed E-state index contributed by atoms with van der Waals surface area (Å²) < 4.78 is 7.49. The maximum Gasteiger partial charge on any atom is 0.317 e. The number of esters is 1. The number of carbonyl (C=O) groups is 1. The lowest BCUT2D eigenvalue weighted by atomic mass is 9.89. The quantitative estimate of drug-likeness (QED) is 0.804. The van der Waals surface area contributed by atoms with Crippen LogP contribution >= 0.6 is 15.9 Å². The van der Waals surface area contributed by atoms with Gasteiger partial charge in [-0.1, -0.05) is 0 Å². The van der Waals surface area contributed by atoms with Crippen molar-refractivity contribution in [3.05, 3.63) is 16.4 Å². The van der Waals surface area contributed by atoms with Gasteiger partial charge in [0.05, 0.1) is 23.5 Å². The molecule has 0 unspecified atom stereocenters. The monoisotopic (exact) mass is 288 g/mol. The van der Waals surface area contributed by atoms with Crippen molar-refractivity contribution in [2.75, 3.05) is 7.11 Å². The van der Waals surface area contributed by atoms with E-state index >= 15 is 0 Å². The van der Waals surface area contributed by atoms with Crippen LogP contribution in [0, 0.1) is 0 Å². The molecule has 1 aromatic heterocycles. The maximum absolute atomic E-state index is 11.8. The number of rotatable bonds is 3. The van der Waals surface area contributed by atoms with E-state index in [9.17, 15) is 4.79 Å². The van der Waals surface area contributed by atoms with Crippen LogP contribution in [0.25, 0.3) is 0 Å². The Kier molecular flexibility index (Phi) is 3.78. The average Bonchev–Trinajstić information content (AvgIpc) is 2.59. The molecule has 0 radical (unpaired) electrons. The number of ether oxygens (including phenoxy) is 1. The smallest absolute Gasteiger partial charge is 0.317 e. The van der Waals surface area contributed by atoms with Gasteiger partial charge >= 0.3 is 5.97 Å². The zero-order valence-corrected chi connectivity index (χ0v) is 11.8. The van der Waals surface area contributed by atoms with E-state index in [1.54, 1.807) is 6.20 Å². The van der Waals surface area contributed by atoms with Crippen LogP contribution in [0.5, 0.6) is 0 Å². The molecule has 0 aliphatic rings. The summed E-state index contributed by atoms with van der Waals surface area (Å²) in [6.07, 6.45) is 1.71. The second-order valence-corrected chi connectivity index (χ2v) is 5.35. The molecular weight excluding hydrogens is 272 g/mol. The molecule has 0 saturated heterocycles. The third-order valence-electron chi connectivity index (χ3n) is 2.53. The van der Waals surface area contributed by atoms with E-state index in [1.807, 2.05) is 32.4 Å². The lowest BCUT2D eigenvalue weighted by Gasteiger charge is -2.24. The summed E-state index contributed by atoms with van der Waals surface area (Å²) in [6.45, 7) is 7.71. The van der Waals surface area contributed by atoms with Crippen molar-refractivity contribution in [3.8, 4) is 0 Å². The Morgan fingerprint density at radius 1 is 1.56 bits per heavy atom. The van der Waals surface area contributed by atoms with Crippen molar-refractivity contribution in [3.63, 3.8) is 0 Å². The van der Waals surface area contributed by atoms with Crippen molar-refractivity contribution in [1.29, 1.82) is 0 Å². The first-order chi connectivity index (χ1) is 7.32. The van der Waals surface area contributed by atoms with Gasteiger partial charge in [0.2, 0.25) is 0 Å². The first-order valence-corrected chi connectivity index (χ1v) is 5.93. The molecule has 0 aromatic carbocycles. The lowest BCUT2D eigenvalue weighted by Crippen LogP contribution is -2.33. The molecule has 0 saturated carbocycles. The van der Waals surface area contributed by atoms with Crippen molar-refractivity contribution in [1.82, 2.24) is 9.78 Å². The Balaban J connectivity index is 3.31. The molecule has 1 aromatic rings. The molecular formula is C11H17BrN2O2. The fourth-order valence-corrected chi connectivity index (χ4v) is 2.44. The van der Waals surface area contributed by atoms with E-state index in [1.165, 1.54) is 7.11 Å². The number of carbonyl (C=O) groups excluding carboxylic acids is 1.